The summed E-state index contributed by atoms with van der Waals surface area (Å²) < 4.78 is 22.9. The van der Waals surface area contributed by atoms with Gasteiger partial charge in [-0.1, -0.05) is 0 Å². The normalized spacial score (nSPS) is 19.8. The highest BCUT2D eigenvalue weighted by Gasteiger charge is 2.37. The first-order valence-electron chi connectivity index (χ1n) is 13.6. The second-order valence-corrected chi connectivity index (χ2v) is 9.49. The van der Waals surface area contributed by atoms with Gasteiger partial charge in [0.25, 0.3) is 5.88 Å². The number of methoxy groups -OCH3 is 1. The van der Waals surface area contributed by atoms with Crippen LogP contribution in [0.2, 0.25) is 0 Å². The zero-order valence-electron chi connectivity index (χ0n) is 23.7. The smallest absolute Gasteiger partial charge is 0.333 e. The van der Waals surface area contributed by atoms with Crippen LogP contribution in [0.3, 0.4) is 0 Å². The first kappa shape index (κ1) is 31.6. The van der Waals surface area contributed by atoms with Crippen molar-refractivity contribution in [2.75, 3.05) is 26.9 Å². The van der Waals surface area contributed by atoms with E-state index in [0.29, 0.717) is 49.4 Å². The minimum absolute atomic E-state index is 0.103. The summed E-state index contributed by atoms with van der Waals surface area (Å²) >= 11 is 0. The highest BCUT2D eigenvalue weighted by molar-refractivity contribution is 6.15. The molecule has 224 valence electrons. The van der Waals surface area contributed by atoms with Crippen molar-refractivity contribution in [2.24, 2.45) is 4.99 Å². The number of benzene rings is 1. The summed E-state index contributed by atoms with van der Waals surface area (Å²) in [5.41, 5.74) is 3.84. The van der Waals surface area contributed by atoms with Crippen LogP contribution in [0.1, 0.15) is 69.1 Å². The zero-order valence-corrected chi connectivity index (χ0v) is 23.7. The Bertz CT molecular complexity index is 1250. The number of pyridine rings is 1. The van der Waals surface area contributed by atoms with Gasteiger partial charge in [-0.3, -0.25) is 9.79 Å². The van der Waals surface area contributed by atoms with Gasteiger partial charge in [-0.15, -0.1) is 0 Å². The number of carbonyl (C=O) groups is 2. The van der Waals surface area contributed by atoms with E-state index in [4.69, 9.17) is 39.3 Å². The van der Waals surface area contributed by atoms with E-state index in [1.54, 1.807) is 13.3 Å². The number of carboxylic acid groups (broad SMARTS) is 2. The molecule has 1 fully saturated rings. The van der Waals surface area contributed by atoms with Crippen LogP contribution >= 0.6 is 0 Å². The average Bonchev–Trinajstić information content (AvgIpc) is 2.94. The number of hydrogen-bond acceptors (Lipinski definition) is 10. The summed E-state index contributed by atoms with van der Waals surface area (Å²) in [5.74, 6) is -0.231. The van der Waals surface area contributed by atoms with Gasteiger partial charge in [0.1, 0.15) is 0 Å². The summed E-state index contributed by atoms with van der Waals surface area (Å²) in [4.78, 5) is 29.1. The third kappa shape index (κ3) is 7.86. The fourth-order valence-corrected chi connectivity index (χ4v) is 4.92. The second-order valence-electron chi connectivity index (χ2n) is 9.49. The molecule has 4 atom stereocenters. The molecular weight excluding hydrogens is 536 g/mol. The molecule has 1 aliphatic heterocycles. The van der Waals surface area contributed by atoms with Gasteiger partial charge in [-0.05, 0) is 63.8 Å². The number of carboxylic acids is 2. The van der Waals surface area contributed by atoms with E-state index in [0.717, 1.165) is 35.2 Å². The Hall–Kier alpha value is -3.90. The molecule has 4 rings (SSSR count). The molecular formula is C29H38N2O10. The van der Waals surface area contributed by atoms with E-state index in [2.05, 4.69) is 11.1 Å². The van der Waals surface area contributed by atoms with Crippen LogP contribution in [0.5, 0.6) is 23.1 Å². The predicted molar refractivity (Wildman–Crippen MR) is 149 cm³/mol. The Labute approximate surface area is 238 Å². The van der Waals surface area contributed by atoms with Crippen molar-refractivity contribution in [3.63, 3.8) is 0 Å². The van der Waals surface area contributed by atoms with Crippen LogP contribution in [-0.4, -0.2) is 88.2 Å². The Morgan fingerprint density at radius 3 is 2.24 bits per heavy atom. The lowest BCUT2D eigenvalue weighted by atomic mass is 9.74. The maximum atomic E-state index is 10.4. The first-order valence-corrected chi connectivity index (χ1v) is 13.6. The Balaban J connectivity index is 0.000000445. The molecule has 0 spiro atoms. The van der Waals surface area contributed by atoms with E-state index in [1.807, 2.05) is 32.9 Å². The van der Waals surface area contributed by atoms with Crippen molar-refractivity contribution < 1.29 is 49.0 Å². The van der Waals surface area contributed by atoms with Crippen molar-refractivity contribution in [1.82, 2.24) is 4.98 Å². The van der Waals surface area contributed by atoms with Crippen LogP contribution in [0.4, 0.5) is 0 Å². The SMILES string of the molecule is CCOc1cc2c(cc1OC)C(c1cnc(OCC)c(OCC)c1)=N[C@@H]1CC[C@@H](O)C[C@H]21.O=C(O)CC(O)C(=O)O. The molecule has 1 aliphatic carbocycles. The predicted octanol–water partition coefficient (Wildman–Crippen LogP) is 3.04. The highest BCUT2D eigenvalue weighted by atomic mass is 16.5. The Kier molecular flexibility index (Phi) is 11.3. The number of aliphatic hydroxyl groups excluding tert-OH is 2. The molecule has 12 nitrogen and oxygen atoms in total. The molecule has 2 heterocycles. The maximum absolute atomic E-state index is 10.4. The lowest BCUT2D eigenvalue weighted by Gasteiger charge is -2.37. The molecule has 0 saturated heterocycles. The lowest BCUT2D eigenvalue weighted by molar-refractivity contribution is -0.152. The van der Waals surface area contributed by atoms with E-state index < -0.39 is 24.5 Å². The summed E-state index contributed by atoms with van der Waals surface area (Å²) in [6, 6.07) is 6.11. The zero-order chi connectivity index (χ0) is 30.1. The highest BCUT2D eigenvalue weighted by Crippen LogP contribution is 2.45. The van der Waals surface area contributed by atoms with Crippen molar-refractivity contribution in [3.05, 3.63) is 41.1 Å². The molecule has 41 heavy (non-hydrogen) atoms. The number of aromatic nitrogens is 1. The summed E-state index contributed by atoms with van der Waals surface area (Å²) in [5, 5.41) is 34.5. The van der Waals surface area contributed by atoms with Crippen molar-refractivity contribution in [2.45, 2.75) is 70.6 Å². The number of ether oxygens (including phenoxy) is 4. The first-order chi connectivity index (χ1) is 19.6. The van der Waals surface area contributed by atoms with Crippen molar-refractivity contribution in [1.29, 1.82) is 0 Å². The average molecular weight is 575 g/mol. The Morgan fingerprint density at radius 2 is 1.66 bits per heavy atom. The van der Waals surface area contributed by atoms with Crippen LogP contribution in [0.15, 0.2) is 29.4 Å². The third-order valence-corrected chi connectivity index (χ3v) is 6.70. The van der Waals surface area contributed by atoms with E-state index in [-0.39, 0.29) is 18.1 Å². The maximum Gasteiger partial charge on any atom is 0.333 e. The molecule has 1 aromatic carbocycles. The van der Waals surface area contributed by atoms with Gasteiger partial charge in [-0.25, -0.2) is 9.78 Å². The summed E-state index contributed by atoms with van der Waals surface area (Å²) in [6.07, 6.45) is 1.23. The largest absolute Gasteiger partial charge is 0.493 e. The standard InChI is InChI=1S/C25H32N2O5.C4H6O5/c1-5-30-22-12-17-18-11-16(28)8-9-20(18)27-24(19(17)13-21(22)29-4)15-10-23(31-6-2)25(26-14-15)32-7-3;5-2(4(8)9)1-3(6)7/h10,12-14,16,18,20,28H,5-9,11H2,1-4H3;2,5H,1H2,(H,6,7)(H,8,9)/t16-,18-,20-;/m1./s1. The van der Waals surface area contributed by atoms with Crippen LogP contribution in [-0.2, 0) is 9.59 Å². The van der Waals surface area contributed by atoms with Crippen LogP contribution in [0.25, 0.3) is 0 Å². The number of nitrogens with zero attached hydrogens (tertiary/aromatic N) is 2. The fourth-order valence-electron chi connectivity index (χ4n) is 4.92. The van der Waals surface area contributed by atoms with Crippen molar-refractivity contribution in [3.8, 4) is 23.1 Å². The molecule has 1 aromatic heterocycles. The van der Waals surface area contributed by atoms with Crippen LogP contribution in [0, 0.1) is 0 Å². The molecule has 2 aliphatic rings. The monoisotopic (exact) mass is 574 g/mol. The molecule has 0 radical (unpaired) electrons. The minimum atomic E-state index is -1.79. The fraction of sp³-hybridized carbons (Fsp3) is 0.517. The second kappa shape index (κ2) is 14.6. The van der Waals surface area contributed by atoms with Gasteiger partial charge in [0, 0.05) is 23.2 Å². The number of rotatable bonds is 11. The summed E-state index contributed by atoms with van der Waals surface area (Å²) in [7, 11) is 1.64. The molecule has 0 amide bonds. The molecule has 0 bridgehead atoms. The van der Waals surface area contributed by atoms with Gasteiger partial charge in [0.15, 0.2) is 23.4 Å². The quantitative estimate of drug-likeness (QED) is 0.310. The number of aliphatic imine (C=N–C) groups is 1. The molecule has 1 saturated carbocycles. The number of fused-ring (bicyclic) bond motifs is 3. The van der Waals surface area contributed by atoms with Gasteiger partial charge < -0.3 is 39.4 Å². The van der Waals surface area contributed by atoms with Gasteiger partial charge in [0.05, 0.1) is 51.2 Å². The molecule has 4 N–H and O–H groups in total. The summed E-state index contributed by atoms with van der Waals surface area (Å²) in [6.45, 7) is 7.40. The number of aliphatic hydroxyl groups is 2. The van der Waals surface area contributed by atoms with E-state index >= 15 is 0 Å². The van der Waals surface area contributed by atoms with Crippen LogP contribution < -0.4 is 18.9 Å². The van der Waals surface area contributed by atoms with Gasteiger partial charge >= 0.3 is 11.9 Å². The minimum Gasteiger partial charge on any atom is -0.493 e. The third-order valence-electron chi connectivity index (χ3n) is 6.70. The molecule has 2 aromatic rings. The van der Waals surface area contributed by atoms with Crippen molar-refractivity contribution >= 4 is 17.7 Å². The Morgan fingerprint density at radius 1 is 0.976 bits per heavy atom. The van der Waals surface area contributed by atoms with Gasteiger partial charge in [-0.2, -0.15) is 0 Å². The lowest BCUT2D eigenvalue weighted by Crippen LogP contribution is -2.34. The van der Waals surface area contributed by atoms with E-state index in [9.17, 15) is 14.7 Å². The molecule has 1 unspecified atom stereocenters. The topological polar surface area (TPSA) is 177 Å². The van der Waals surface area contributed by atoms with E-state index in [1.165, 1.54) is 0 Å². The number of aliphatic carboxylic acids is 2. The molecule has 12 heteroatoms. The van der Waals surface area contributed by atoms with Gasteiger partial charge in [0.2, 0.25) is 0 Å². The number of hydrogen-bond donors (Lipinski definition) is 4.